The van der Waals surface area contributed by atoms with Crippen LogP contribution in [0.4, 0.5) is 0 Å². The summed E-state index contributed by atoms with van der Waals surface area (Å²) in [5.74, 6) is -0.228. The van der Waals surface area contributed by atoms with Crippen LogP contribution < -0.4 is 0 Å². The van der Waals surface area contributed by atoms with E-state index < -0.39 is 0 Å². The lowest BCUT2D eigenvalue weighted by molar-refractivity contribution is -0.153. The summed E-state index contributed by atoms with van der Waals surface area (Å²) in [6.45, 7) is 2.25. The minimum absolute atomic E-state index is 0.0861. The van der Waals surface area contributed by atoms with Gasteiger partial charge in [0.25, 0.3) is 0 Å². The van der Waals surface area contributed by atoms with Crippen molar-refractivity contribution >= 4 is 17.7 Å². The highest BCUT2D eigenvalue weighted by atomic mass is 16.2. The first-order chi connectivity index (χ1) is 12.9. The number of likely N-dealkylation sites (tertiary alicyclic amines) is 2. The summed E-state index contributed by atoms with van der Waals surface area (Å²) < 4.78 is 0. The number of nitrogens with zero attached hydrogens (tertiary/aromatic N) is 3. The largest absolute Gasteiger partial charge is 0.341 e. The normalized spacial score (nSPS) is 21.8. The van der Waals surface area contributed by atoms with Crippen LogP contribution in [0.15, 0.2) is 30.3 Å². The number of imide groups is 1. The number of benzene rings is 1. The molecule has 0 bridgehead atoms. The van der Waals surface area contributed by atoms with Crippen molar-refractivity contribution in [1.82, 2.24) is 14.7 Å². The van der Waals surface area contributed by atoms with E-state index in [9.17, 15) is 14.4 Å². The van der Waals surface area contributed by atoms with Gasteiger partial charge in [-0.1, -0.05) is 30.3 Å². The smallest absolute Gasteiger partial charge is 0.242 e. The zero-order valence-corrected chi connectivity index (χ0v) is 16.3. The van der Waals surface area contributed by atoms with Crippen molar-refractivity contribution in [3.63, 3.8) is 0 Å². The maximum Gasteiger partial charge on any atom is 0.242 e. The van der Waals surface area contributed by atoms with E-state index in [1.54, 1.807) is 0 Å². The molecular formula is C21H29N3O3. The van der Waals surface area contributed by atoms with E-state index in [2.05, 4.69) is 4.90 Å². The molecule has 2 aliphatic heterocycles. The van der Waals surface area contributed by atoms with Crippen LogP contribution in [0, 0.1) is 5.92 Å². The molecule has 0 unspecified atom stereocenters. The molecule has 2 fully saturated rings. The van der Waals surface area contributed by atoms with Crippen LogP contribution in [0.2, 0.25) is 0 Å². The molecule has 0 radical (unpaired) electrons. The molecule has 0 spiro atoms. The SMILES string of the molecule is CN(C)C[C@H]1CCCN(C(=O)CN2C(=O)CC(c3ccccc3)CC2=O)C1. The summed E-state index contributed by atoms with van der Waals surface area (Å²) in [5, 5.41) is 0. The van der Waals surface area contributed by atoms with E-state index >= 15 is 0 Å². The molecular weight excluding hydrogens is 342 g/mol. The van der Waals surface area contributed by atoms with Crippen LogP contribution in [0.5, 0.6) is 0 Å². The standard InChI is InChI=1S/C21H29N3O3/c1-22(2)13-16-7-6-10-23(14-16)21(27)15-24-19(25)11-18(12-20(24)26)17-8-4-3-5-9-17/h3-5,8-9,16,18H,6-7,10-15H2,1-2H3/t16-/m1/s1. The second-order valence-electron chi connectivity index (χ2n) is 8.00. The Labute approximate surface area is 161 Å². The van der Waals surface area contributed by atoms with Gasteiger partial charge in [0.15, 0.2) is 0 Å². The summed E-state index contributed by atoms with van der Waals surface area (Å²) in [6, 6.07) is 9.65. The maximum absolute atomic E-state index is 12.7. The summed E-state index contributed by atoms with van der Waals surface area (Å²) in [5.41, 5.74) is 1.01. The lowest BCUT2D eigenvalue weighted by atomic mass is 9.88. The predicted octanol–water partition coefficient (Wildman–Crippen LogP) is 1.72. The molecule has 2 heterocycles. The summed E-state index contributed by atoms with van der Waals surface area (Å²) in [7, 11) is 4.07. The van der Waals surface area contributed by atoms with Crippen molar-refractivity contribution in [2.75, 3.05) is 40.3 Å². The first-order valence-corrected chi connectivity index (χ1v) is 9.74. The van der Waals surface area contributed by atoms with Crippen LogP contribution >= 0.6 is 0 Å². The van der Waals surface area contributed by atoms with Crippen LogP contribution in [-0.4, -0.2) is 72.7 Å². The molecule has 6 heteroatoms. The molecule has 2 saturated heterocycles. The van der Waals surface area contributed by atoms with Gasteiger partial charge in [-0.2, -0.15) is 0 Å². The number of carbonyl (C=O) groups excluding carboxylic acids is 3. The van der Waals surface area contributed by atoms with Gasteiger partial charge < -0.3 is 9.80 Å². The third-order valence-electron chi connectivity index (χ3n) is 5.50. The summed E-state index contributed by atoms with van der Waals surface area (Å²) in [4.78, 5) is 42.9. The monoisotopic (exact) mass is 371 g/mol. The zero-order valence-electron chi connectivity index (χ0n) is 16.3. The summed E-state index contributed by atoms with van der Waals surface area (Å²) in [6.07, 6.45) is 2.66. The topological polar surface area (TPSA) is 60.9 Å². The molecule has 27 heavy (non-hydrogen) atoms. The fraction of sp³-hybridized carbons (Fsp3) is 0.571. The van der Waals surface area contributed by atoms with E-state index in [0.29, 0.717) is 19.0 Å². The molecule has 0 aromatic heterocycles. The average Bonchev–Trinajstić information content (AvgIpc) is 2.64. The van der Waals surface area contributed by atoms with Gasteiger partial charge >= 0.3 is 0 Å². The van der Waals surface area contributed by atoms with E-state index in [-0.39, 0.29) is 43.0 Å². The van der Waals surface area contributed by atoms with E-state index in [1.165, 1.54) is 0 Å². The highest BCUT2D eigenvalue weighted by Crippen LogP contribution is 2.29. The number of piperidine rings is 2. The van der Waals surface area contributed by atoms with Crippen LogP contribution in [0.3, 0.4) is 0 Å². The third kappa shape index (κ3) is 4.95. The molecule has 1 aromatic rings. The predicted molar refractivity (Wildman–Crippen MR) is 103 cm³/mol. The molecule has 0 saturated carbocycles. The van der Waals surface area contributed by atoms with Gasteiger partial charge in [-0.25, -0.2) is 0 Å². The molecule has 3 rings (SSSR count). The highest BCUT2D eigenvalue weighted by Gasteiger charge is 2.35. The van der Waals surface area contributed by atoms with Crippen molar-refractivity contribution in [3.8, 4) is 0 Å². The molecule has 146 valence electrons. The minimum atomic E-state index is -0.240. The second kappa shape index (κ2) is 8.65. The highest BCUT2D eigenvalue weighted by molar-refractivity contribution is 6.01. The lowest BCUT2D eigenvalue weighted by Crippen LogP contribution is -2.51. The molecule has 0 N–H and O–H groups in total. The Morgan fingerprint density at radius 1 is 1.11 bits per heavy atom. The Morgan fingerprint density at radius 3 is 2.41 bits per heavy atom. The molecule has 2 aliphatic rings. The van der Waals surface area contributed by atoms with Crippen molar-refractivity contribution in [2.24, 2.45) is 5.92 Å². The second-order valence-corrected chi connectivity index (χ2v) is 8.00. The Morgan fingerprint density at radius 2 is 1.78 bits per heavy atom. The first kappa shape index (κ1) is 19.5. The number of hydrogen-bond acceptors (Lipinski definition) is 4. The van der Waals surface area contributed by atoms with Gasteiger partial charge in [0.1, 0.15) is 6.54 Å². The van der Waals surface area contributed by atoms with Gasteiger partial charge in [0, 0.05) is 38.4 Å². The van der Waals surface area contributed by atoms with Crippen molar-refractivity contribution in [2.45, 2.75) is 31.6 Å². The molecule has 1 atom stereocenters. The number of carbonyl (C=O) groups is 3. The van der Waals surface area contributed by atoms with Gasteiger partial charge in [-0.15, -0.1) is 0 Å². The number of rotatable bonds is 5. The quantitative estimate of drug-likeness (QED) is 0.740. The van der Waals surface area contributed by atoms with Gasteiger partial charge in [-0.05, 0) is 38.4 Å². The van der Waals surface area contributed by atoms with Crippen molar-refractivity contribution in [3.05, 3.63) is 35.9 Å². The Bertz CT molecular complexity index is 671. The molecule has 0 aliphatic carbocycles. The molecule has 3 amide bonds. The molecule has 6 nitrogen and oxygen atoms in total. The van der Waals surface area contributed by atoms with E-state index in [4.69, 9.17) is 0 Å². The Balaban J connectivity index is 1.58. The zero-order chi connectivity index (χ0) is 19.4. The van der Waals surface area contributed by atoms with Gasteiger partial charge in [0.2, 0.25) is 17.7 Å². The third-order valence-corrected chi connectivity index (χ3v) is 5.50. The Kier molecular flexibility index (Phi) is 6.26. The first-order valence-electron chi connectivity index (χ1n) is 9.74. The van der Waals surface area contributed by atoms with Crippen molar-refractivity contribution in [1.29, 1.82) is 0 Å². The minimum Gasteiger partial charge on any atom is -0.341 e. The fourth-order valence-corrected chi connectivity index (χ4v) is 4.18. The van der Waals surface area contributed by atoms with Gasteiger partial charge in [0.05, 0.1) is 0 Å². The molecule has 1 aromatic carbocycles. The fourth-order valence-electron chi connectivity index (χ4n) is 4.18. The van der Waals surface area contributed by atoms with Crippen LogP contribution in [0.1, 0.15) is 37.2 Å². The maximum atomic E-state index is 12.7. The van der Waals surface area contributed by atoms with Crippen molar-refractivity contribution < 1.29 is 14.4 Å². The van der Waals surface area contributed by atoms with E-state index in [1.807, 2.05) is 49.3 Å². The van der Waals surface area contributed by atoms with Gasteiger partial charge in [-0.3, -0.25) is 19.3 Å². The van der Waals surface area contributed by atoms with Crippen LogP contribution in [0.25, 0.3) is 0 Å². The van der Waals surface area contributed by atoms with E-state index in [0.717, 1.165) is 29.8 Å². The lowest BCUT2D eigenvalue weighted by Gasteiger charge is -2.36. The average molecular weight is 371 g/mol. The Hall–Kier alpha value is -2.21. The van der Waals surface area contributed by atoms with Crippen LogP contribution in [-0.2, 0) is 14.4 Å². The summed E-state index contributed by atoms with van der Waals surface area (Å²) >= 11 is 0. The number of amides is 3. The number of hydrogen-bond donors (Lipinski definition) is 0.